The van der Waals surface area contributed by atoms with Crippen molar-refractivity contribution < 1.29 is 14.0 Å². The summed E-state index contributed by atoms with van der Waals surface area (Å²) in [4.78, 5) is 29.1. The second-order valence-corrected chi connectivity index (χ2v) is 7.03. The fourth-order valence-corrected chi connectivity index (χ4v) is 3.23. The third-order valence-corrected chi connectivity index (χ3v) is 4.66. The van der Waals surface area contributed by atoms with Crippen molar-refractivity contribution >= 4 is 11.8 Å². The summed E-state index contributed by atoms with van der Waals surface area (Å²) < 4.78 is 5.64. The molecule has 1 atom stereocenters. The topological polar surface area (TPSA) is 65.8 Å². The molecule has 0 aromatic carbocycles. The zero-order chi connectivity index (χ0) is 18.4. The lowest BCUT2D eigenvalue weighted by Gasteiger charge is -2.36. The quantitative estimate of drug-likeness (QED) is 0.782. The highest BCUT2D eigenvalue weighted by Crippen LogP contribution is 2.17. The van der Waals surface area contributed by atoms with Gasteiger partial charge in [0.2, 0.25) is 11.8 Å². The fourth-order valence-electron chi connectivity index (χ4n) is 3.23. The van der Waals surface area contributed by atoms with Crippen LogP contribution in [0.1, 0.15) is 51.6 Å². The molecular weight excluding hydrogens is 318 g/mol. The van der Waals surface area contributed by atoms with Gasteiger partial charge in [0.25, 0.3) is 0 Å². The van der Waals surface area contributed by atoms with E-state index < -0.39 is 6.04 Å². The number of hydrogen-bond donors (Lipinski definition) is 1. The molecule has 0 radical (unpaired) electrons. The molecule has 25 heavy (non-hydrogen) atoms. The number of rotatable bonds is 8. The van der Waals surface area contributed by atoms with Crippen molar-refractivity contribution in [2.75, 3.05) is 19.6 Å². The van der Waals surface area contributed by atoms with Gasteiger partial charge < -0.3 is 14.6 Å². The number of furan rings is 1. The maximum absolute atomic E-state index is 12.8. The van der Waals surface area contributed by atoms with Gasteiger partial charge in [-0.1, -0.05) is 13.3 Å². The van der Waals surface area contributed by atoms with Crippen molar-refractivity contribution in [2.24, 2.45) is 0 Å². The minimum Gasteiger partial charge on any atom is -0.465 e. The molecule has 6 heteroatoms. The van der Waals surface area contributed by atoms with Crippen LogP contribution in [0.4, 0.5) is 0 Å². The van der Waals surface area contributed by atoms with Crippen LogP contribution in [0.25, 0.3) is 0 Å². The highest BCUT2D eigenvalue weighted by molar-refractivity contribution is 5.89. The van der Waals surface area contributed by atoms with Crippen molar-refractivity contribution in [1.82, 2.24) is 15.1 Å². The van der Waals surface area contributed by atoms with Gasteiger partial charge in [-0.25, -0.2) is 0 Å². The van der Waals surface area contributed by atoms with E-state index in [0.717, 1.165) is 37.5 Å². The Labute approximate surface area is 150 Å². The standard InChI is InChI=1S/C19H31N3O3/c1-5-6-10-22(14(2)3)18(23)12-17-19(24)20-9-11-21(17)13-16-8-7-15(4)25-16/h7-8,14,17H,5-6,9-13H2,1-4H3,(H,20,24)/t17-/m0/s1. The molecule has 2 amide bonds. The Hall–Kier alpha value is -1.82. The van der Waals surface area contributed by atoms with E-state index in [0.29, 0.717) is 13.1 Å². The predicted octanol–water partition coefficient (Wildman–Crippen LogP) is 2.32. The van der Waals surface area contributed by atoms with E-state index in [9.17, 15) is 9.59 Å². The Morgan fingerprint density at radius 3 is 2.80 bits per heavy atom. The summed E-state index contributed by atoms with van der Waals surface area (Å²) in [6, 6.07) is 3.56. The molecule has 1 aliphatic rings. The van der Waals surface area contributed by atoms with Crippen LogP contribution in [0.5, 0.6) is 0 Å². The Bertz CT molecular complexity index is 582. The SMILES string of the molecule is CCCCN(C(=O)C[C@H]1C(=O)NCCN1Cc1ccc(C)o1)C(C)C. The second kappa shape index (κ2) is 9.04. The van der Waals surface area contributed by atoms with Gasteiger partial charge in [0.05, 0.1) is 19.0 Å². The number of aryl methyl sites for hydroxylation is 1. The van der Waals surface area contributed by atoms with E-state index in [4.69, 9.17) is 4.42 Å². The lowest BCUT2D eigenvalue weighted by atomic mass is 10.1. The third kappa shape index (κ3) is 5.33. The minimum atomic E-state index is -0.436. The van der Waals surface area contributed by atoms with Crippen LogP contribution in [-0.4, -0.2) is 53.3 Å². The molecule has 1 N–H and O–H groups in total. The Balaban J connectivity index is 2.06. The van der Waals surface area contributed by atoms with Crippen LogP contribution in [0.15, 0.2) is 16.5 Å². The summed E-state index contributed by atoms with van der Waals surface area (Å²) in [5, 5.41) is 2.89. The van der Waals surface area contributed by atoms with E-state index in [1.807, 2.05) is 42.7 Å². The number of hydrogen-bond acceptors (Lipinski definition) is 4. The molecule has 0 spiro atoms. The van der Waals surface area contributed by atoms with Gasteiger partial charge in [-0.15, -0.1) is 0 Å². The van der Waals surface area contributed by atoms with Crippen molar-refractivity contribution in [3.63, 3.8) is 0 Å². The van der Waals surface area contributed by atoms with Crippen molar-refractivity contribution in [1.29, 1.82) is 0 Å². The van der Waals surface area contributed by atoms with E-state index in [-0.39, 0.29) is 24.3 Å². The van der Waals surface area contributed by atoms with E-state index in [1.54, 1.807) is 0 Å². The molecule has 2 rings (SSSR count). The fraction of sp³-hybridized carbons (Fsp3) is 0.684. The van der Waals surface area contributed by atoms with Crippen LogP contribution in [0.3, 0.4) is 0 Å². The van der Waals surface area contributed by atoms with E-state index >= 15 is 0 Å². The van der Waals surface area contributed by atoms with E-state index in [1.165, 1.54) is 0 Å². The first-order valence-electron chi connectivity index (χ1n) is 9.29. The first kappa shape index (κ1) is 19.5. The molecule has 1 aromatic rings. The summed E-state index contributed by atoms with van der Waals surface area (Å²) in [6.45, 7) is 10.7. The van der Waals surface area contributed by atoms with Gasteiger partial charge in [-0.2, -0.15) is 0 Å². The molecule has 0 unspecified atom stereocenters. The molecule has 0 bridgehead atoms. The van der Waals surface area contributed by atoms with Gasteiger partial charge in [0.15, 0.2) is 0 Å². The number of carbonyl (C=O) groups is 2. The maximum atomic E-state index is 12.8. The average Bonchev–Trinajstić information content (AvgIpc) is 2.96. The third-order valence-electron chi connectivity index (χ3n) is 4.66. The van der Waals surface area contributed by atoms with Crippen LogP contribution < -0.4 is 5.32 Å². The number of nitrogens with one attached hydrogen (secondary N) is 1. The molecule has 1 aliphatic heterocycles. The van der Waals surface area contributed by atoms with E-state index in [2.05, 4.69) is 12.2 Å². The van der Waals surface area contributed by atoms with Crippen LogP contribution in [-0.2, 0) is 16.1 Å². The molecule has 0 aliphatic carbocycles. The predicted molar refractivity (Wildman–Crippen MR) is 97.0 cm³/mol. The van der Waals surface area contributed by atoms with Crippen molar-refractivity contribution in [2.45, 2.75) is 65.6 Å². The number of carbonyl (C=O) groups excluding carboxylic acids is 2. The molecule has 1 fully saturated rings. The molecule has 140 valence electrons. The summed E-state index contributed by atoms with van der Waals surface area (Å²) >= 11 is 0. The van der Waals surface area contributed by atoms with Crippen LogP contribution >= 0.6 is 0 Å². The summed E-state index contributed by atoms with van der Waals surface area (Å²) in [6.07, 6.45) is 2.24. The highest BCUT2D eigenvalue weighted by Gasteiger charge is 2.33. The summed E-state index contributed by atoms with van der Waals surface area (Å²) in [5.41, 5.74) is 0. The number of piperazine rings is 1. The smallest absolute Gasteiger partial charge is 0.237 e. The number of amides is 2. The lowest BCUT2D eigenvalue weighted by molar-refractivity contribution is -0.140. The lowest BCUT2D eigenvalue weighted by Crippen LogP contribution is -2.56. The molecule has 6 nitrogen and oxygen atoms in total. The zero-order valence-electron chi connectivity index (χ0n) is 15.9. The second-order valence-electron chi connectivity index (χ2n) is 7.03. The number of unbranched alkanes of at least 4 members (excludes halogenated alkanes) is 1. The largest absolute Gasteiger partial charge is 0.465 e. The normalized spacial score (nSPS) is 18.4. The monoisotopic (exact) mass is 349 g/mol. The Kier molecular flexibility index (Phi) is 7.05. The Morgan fingerprint density at radius 1 is 1.44 bits per heavy atom. The molecular formula is C19H31N3O3. The molecule has 1 saturated heterocycles. The number of nitrogens with zero attached hydrogens (tertiary/aromatic N) is 2. The minimum absolute atomic E-state index is 0.0473. The maximum Gasteiger partial charge on any atom is 0.237 e. The highest BCUT2D eigenvalue weighted by atomic mass is 16.3. The average molecular weight is 349 g/mol. The first-order valence-corrected chi connectivity index (χ1v) is 9.29. The van der Waals surface area contributed by atoms with Crippen molar-refractivity contribution in [3.8, 4) is 0 Å². The van der Waals surface area contributed by atoms with Crippen LogP contribution in [0.2, 0.25) is 0 Å². The van der Waals surface area contributed by atoms with Gasteiger partial charge in [0, 0.05) is 25.7 Å². The zero-order valence-corrected chi connectivity index (χ0v) is 15.9. The van der Waals surface area contributed by atoms with Gasteiger partial charge in [-0.05, 0) is 39.3 Å². The molecule has 2 heterocycles. The van der Waals surface area contributed by atoms with Crippen molar-refractivity contribution in [3.05, 3.63) is 23.7 Å². The summed E-state index contributed by atoms with van der Waals surface area (Å²) in [7, 11) is 0. The van der Waals surface area contributed by atoms with Crippen LogP contribution in [0, 0.1) is 6.92 Å². The van der Waals surface area contributed by atoms with Gasteiger partial charge >= 0.3 is 0 Å². The Morgan fingerprint density at radius 2 is 2.20 bits per heavy atom. The summed E-state index contributed by atoms with van der Waals surface area (Å²) in [5.74, 6) is 1.67. The van der Waals surface area contributed by atoms with Gasteiger partial charge in [-0.3, -0.25) is 14.5 Å². The first-order chi connectivity index (χ1) is 11.9. The molecule has 1 aromatic heterocycles. The molecule has 0 saturated carbocycles. The van der Waals surface area contributed by atoms with Gasteiger partial charge in [0.1, 0.15) is 11.5 Å².